The third kappa shape index (κ3) is 4.99. The zero-order chi connectivity index (χ0) is 15.1. The molecule has 21 heavy (non-hydrogen) atoms. The van der Waals surface area contributed by atoms with Gasteiger partial charge in [-0.25, -0.2) is 9.97 Å². The first-order valence-corrected chi connectivity index (χ1v) is 8.05. The van der Waals surface area contributed by atoms with E-state index in [1.54, 1.807) is 12.4 Å². The molecule has 0 spiro atoms. The second-order valence-electron chi connectivity index (χ2n) is 6.00. The van der Waals surface area contributed by atoms with Crippen molar-refractivity contribution in [2.75, 3.05) is 11.9 Å². The maximum absolute atomic E-state index is 12.2. The molecule has 0 aliphatic heterocycles. The largest absolute Gasteiger partial charge is 0.369 e. The highest BCUT2D eigenvalue weighted by Crippen LogP contribution is 2.22. The quantitative estimate of drug-likeness (QED) is 0.818. The van der Waals surface area contributed by atoms with Crippen molar-refractivity contribution in [1.29, 1.82) is 0 Å². The molecule has 5 nitrogen and oxygen atoms in total. The van der Waals surface area contributed by atoms with Crippen LogP contribution in [0, 0.1) is 5.92 Å². The lowest BCUT2D eigenvalue weighted by Gasteiger charge is -2.16. The average molecular weight is 290 g/mol. The highest BCUT2D eigenvalue weighted by atomic mass is 16.1. The first kappa shape index (κ1) is 15.7. The lowest BCUT2D eigenvalue weighted by atomic mass is 10.0. The molecule has 2 rings (SSSR count). The molecule has 2 N–H and O–H groups in total. The van der Waals surface area contributed by atoms with Crippen LogP contribution in [0.3, 0.4) is 0 Å². The van der Waals surface area contributed by atoms with Gasteiger partial charge in [0.05, 0.1) is 12.4 Å². The van der Waals surface area contributed by atoms with Gasteiger partial charge in [-0.2, -0.15) is 0 Å². The molecule has 1 aromatic heterocycles. The molecule has 116 valence electrons. The minimum absolute atomic E-state index is 0.107. The normalized spacial score (nSPS) is 22.4. The van der Waals surface area contributed by atoms with E-state index in [2.05, 4.69) is 34.4 Å². The lowest BCUT2D eigenvalue weighted by Crippen LogP contribution is -2.35. The molecule has 2 unspecified atom stereocenters. The fourth-order valence-electron chi connectivity index (χ4n) is 2.68. The number of carbonyl (C=O) groups is 1. The molecule has 1 aliphatic carbocycles. The van der Waals surface area contributed by atoms with Gasteiger partial charge in [-0.05, 0) is 31.6 Å². The van der Waals surface area contributed by atoms with Crippen LogP contribution >= 0.6 is 0 Å². The number of hydrogen-bond acceptors (Lipinski definition) is 4. The first-order chi connectivity index (χ1) is 10.2. The second kappa shape index (κ2) is 7.96. The average Bonchev–Trinajstić information content (AvgIpc) is 2.70. The minimum Gasteiger partial charge on any atom is -0.369 e. The van der Waals surface area contributed by atoms with Crippen molar-refractivity contribution in [3.8, 4) is 0 Å². The van der Waals surface area contributed by atoms with E-state index in [9.17, 15) is 4.79 Å². The van der Waals surface area contributed by atoms with Gasteiger partial charge in [0.1, 0.15) is 11.5 Å². The minimum atomic E-state index is -0.107. The Morgan fingerprint density at radius 1 is 1.24 bits per heavy atom. The molecular formula is C16H26N4O. The van der Waals surface area contributed by atoms with Gasteiger partial charge in [0.2, 0.25) is 0 Å². The van der Waals surface area contributed by atoms with Crippen LogP contribution in [-0.4, -0.2) is 28.5 Å². The third-order valence-corrected chi connectivity index (χ3v) is 4.03. The van der Waals surface area contributed by atoms with E-state index in [-0.39, 0.29) is 11.9 Å². The molecule has 5 heteroatoms. The Bertz CT molecular complexity index is 446. The number of anilines is 1. The molecule has 0 bridgehead atoms. The Morgan fingerprint density at radius 2 is 2.10 bits per heavy atom. The smallest absolute Gasteiger partial charge is 0.271 e. The number of hydrogen-bond donors (Lipinski definition) is 2. The van der Waals surface area contributed by atoms with Gasteiger partial charge in [0, 0.05) is 12.6 Å². The van der Waals surface area contributed by atoms with E-state index >= 15 is 0 Å². The van der Waals surface area contributed by atoms with Crippen molar-refractivity contribution in [2.45, 2.75) is 58.4 Å². The summed E-state index contributed by atoms with van der Waals surface area (Å²) in [6.07, 6.45) is 9.99. The van der Waals surface area contributed by atoms with Crippen molar-refractivity contribution < 1.29 is 4.79 Å². The summed E-state index contributed by atoms with van der Waals surface area (Å²) in [5, 5.41) is 6.25. The summed E-state index contributed by atoms with van der Waals surface area (Å²) < 4.78 is 0. The summed E-state index contributed by atoms with van der Waals surface area (Å²) in [7, 11) is 0. The summed E-state index contributed by atoms with van der Waals surface area (Å²) in [6, 6.07) is 0.280. The molecular weight excluding hydrogens is 264 g/mol. The van der Waals surface area contributed by atoms with Crippen LogP contribution in [0.2, 0.25) is 0 Å². The summed E-state index contributed by atoms with van der Waals surface area (Å²) in [4.78, 5) is 20.6. The standard InChI is InChI=1S/C16H26N4O/c1-3-9-17-15-11-18-14(10-19-15)16(21)20-13-6-4-5-12(2)7-8-13/h10-13H,3-9H2,1-2H3,(H,17,19)(H,20,21). The van der Waals surface area contributed by atoms with E-state index in [0.29, 0.717) is 5.69 Å². The summed E-state index contributed by atoms with van der Waals surface area (Å²) >= 11 is 0. The van der Waals surface area contributed by atoms with Gasteiger partial charge in [0.25, 0.3) is 5.91 Å². The zero-order valence-corrected chi connectivity index (χ0v) is 13.1. The molecule has 1 saturated carbocycles. The van der Waals surface area contributed by atoms with Gasteiger partial charge in [-0.1, -0.05) is 26.7 Å². The van der Waals surface area contributed by atoms with Crippen molar-refractivity contribution in [1.82, 2.24) is 15.3 Å². The Kier molecular flexibility index (Phi) is 5.96. The van der Waals surface area contributed by atoms with Crippen LogP contribution in [0.5, 0.6) is 0 Å². The van der Waals surface area contributed by atoms with Crippen LogP contribution in [0.1, 0.15) is 62.9 Å². The molecule has 0 saturated heterocycles. The molecule has 1 aliphatic rings. The van der Waals surface area contributed by atoms with Crippen molar-refractivity contribution in [2.24, 2.45) is 5.92 Å². The zero-order valence-electron chi connectivity index (χ0n) is 13.1. The fourth-order valence-corrected chi connectivity index (χ4v) is 2.68. The van der Waals surface area contributed by atoms with Gasteiger partial charge in [-0.3, -0.25) is 4.79 Å². The number of amides is 1. The van der Waals surface area contributed by atoms with E-state index in [4.69, 9.17) is 0 Å². The summed E-state index contributed by atoms with van der Waals surface area (Å²) in [5.74, 6) is 1.39. The maximum atomic E-state index is 12.2. The molecule has 1 fully saturated rings. The predicted molar refractivity (Wildman–Crippen MR) is 84.3 cm³/mol. The van der Waals surface area contributed by atoms with E-state index in [0.717, 1.165) is 37.5 Å². The maximum Gasteiger partial charge on any atom is 0.271 e. The monoisotopic (exact) mass is 290 g/mol. The van der Waals surface area contributed by atoms with E-state index in [1.807, 2.05) is 0 Å². The fraction of sp³-hybridized carbons (Fsp3) is 0.688. The third-order valence-electron chi connectivity index (χ3n) is 4.03. The Labute approximate surface area is 127 Å². The van der Waals surface area contributed by atoms with Crippen LogP contribution in [0.4, 0.5) is 5.82 Å². The molecule has 2 atom stereocenters. The van der Waals surface area contributed by atoms with E-state index < -0.39 is 0 Å². The van der Waals surface area contributed by atoms with E-state index in [1.165, 1.54) is 19.3 Å². The number of nitrogens with one attached hydrogen (secondary N) is 2. The van der Waals surface area contributed by atoms with Crippen LogP contribution < -0.4 is 10.6 Å². The van der Waals surface area contributed by atoms with Crippen LogP contribution in [0.15, 0.2) is 12.4 Å². The number of aromatic nitrogens is 2. The van der Waals surface area contributed by atoms with Gasteiger partial charge < -0.3 is 10.6 Å². The van der Waals surface area contributed by atoms with Gasteiger partial charge in [-0.15, -0.1) is 0 Å². The molecule has 0 aromatic carbocycles. The Balaban J connectivity index is 1.87. The lowest BCUT2D eigenvalue weighted by molar-refractivity contribution is 0.0927. The van der Waals surface area contributed by atoms with Crippen molar-refractivity contribution in [3.63, 3.8) is 0 Å². The second-order valence-corrected chi connectivity index (χ2v) is 6.00. The molecule has 1 heterocycles. The number of nitrogens with zero attached hydrogens (tertiary/aromatic N) is 2. The van der Waals surface area contributed by atoms with Crippen molar-refractivity contribution >= 4 is 11.7 Å². The SMILES string of the molecule is CCCNc1cnc(C(=O)NC2CCCC(C)CC2)cn1. The van der Waals surface area contributed by atoms with Crippen LogP contribution in [-0.2, 0) is 0 Å². The summed E-state index contributed by atoms with van der Waals surface area (Å²) in [5.41, 5.74) is 0.398. The molecule has 0 radical (unpaired) electrons. The summed E-state index contributed by atoms with van der Waals surface area (Å²) in [6.45, 7) is 5.24. The highest BCUT2D eigenvalue weighted by molar-refractivity contribution is 5.92. The Morgan fingerprint density at radius 3 is 2.81 bits per heavy atom. The molecule has 1 amide bonds. The number of carbonyl (C=O) groups excluding carboxylic acids is 1. The predicted octanol–water partition coefficient (Wildman–Crippen LogP) is 3.00. The van der Waals surface area contributed by atoms with Gasteiger partial charge in [0.15, 0.2) is 0 Å². The van der Waals surface area contributed by atoms with Crippen molar-refractivity contribution in [3.05, 3.63) is 18.1 Å². The Hall–Kier alpha value is -1.65. The number of rotatable bonds is 5. The highest BCUT2D eigenvalue weighted by Gasteiger charge is 2.19. The molecule has 1 aromatic rings. The van der Waals surface area contributed by atoms with Gasteiger partial charge >= 0.3 is 0 Å². The first-order valence-electron chi connectivity index (χ1n) is 8.05. The van der Waals surface area contributed by atoms with Crippen LogP contribution in [0.25, 0.3) is 0 Å². The topological polar surface area (TPSA) is 66.9 Å².